The van der Waals surface area contributed by atoms with Gasteiger partial charge in [-0.3, -0.25) is 0 Å². The average molecular weight is 187 g/mol. The monoisotopic (exact) mass is 187 g/mol. The SMILES string of the molecule is Cc1cccc(-c2ncc(CN)[nH]2)c1. The summed E-state index contributed by atoms with van der Waals surface area (Å²) in [5, 5.41) is 0. The molecule has 3 heteroatoms. The van der Waals surface area contributed by atoms with E-state index >= 15 is 0 Å². The Morgan fingerprint density at radius 2 is 2.29 bits per heavy atom. The lowest BCUT2D eigenvalue weighted by molar-refractivity contribution is 1.01. The van der Waals surface area contributed by atoms with Crippen LogP contribution in [0.25, 0.3) is 11.4 Å². The van der Waals surface area contributed by atoms with Crippen molar-refractivity contribution >= 4 is 0 Å². The molecule has 0 radical (unpaired) electrons. The summed E-state index contributed by atoms with van der Waals surface area (Å²) in [6, 6.07) is 8.22. The minimum atomic E-state index is 0.499. The number of aromatic nitrogens is 2. The van der Waals surface area contributed by atoms with E-state index in [2.05, 4.69) is 29.0 Å². The maximum atomic E-state index is 5.50. The summed E-state index contributed by atoms with van der Waals surface area (Å²) in [6.45, 7) is 2.56. The van der Waals surface area contributed by atoms with E-state index in [-0.39, 0.29) is 0 Å². The molecule has 14 heavy (non-hydrogen) atoms. The molecule has 0 aliphatic rings. The molecule has 72 valence electrons. The molecule has 3 nitrogen and oxygen atoms in total. The number of nitrogens with one attached hydrogen (secondary N) is 1. The van der Waals surface area contributed by atoms with Crippen LogP contribution in [0.4, 0.5) is 0 Å². The number of benzene rings is 1. The van der Waals surface area contributed by atoms with E-state index in [1.807, 2.05) is 12.1 Å². The van der Waals surface area contributed by atoms with E-state index in [0.717, 1.165) is 17.1 Å². The Hall–Kier alpha value is -1.61. The van der Waals surface area contributed by atoms with Crippen molar-refractivity contribution in [1.82, 2.24) is 9.97 Å². The molecule has 1 aromatic heterocycles. The van der Waals surface area contributed by atoms with Crippen molar-refractivity contribution in [2.24, 2.45) is 5.73 Å². The summed E-state index contributed by atoms with van der Waals surface area (Å²) in [6.07, 6.45) is 1.78. The summed E-state index contributed by atoms with van der Waals surface area (Å²) in [5.41, 5.74) is 8.79. The van der Waals surface area contributed by atoms with Gasteiger partial charge in [0.25, 0.3) is 0 Å². The molecule has 0 aliphatic carbocycles. The van der Waals surface area contributed by atoms with Crippen molar-refractivity contribution < 1.29 is 0 Å². The quantitative estimate of drug-likeness (QED) is 0.753. The molecule has 0 fully saturated rings. The molecule has 2 rings (SSSR count). The lowest BCUT2D eigenvalue weighted by Crippen LogP contribution is -1.95. The Morgan fingerprint density at radius 3 is 2.93 bits per heavy atom. The van der Waals surface area contributed by atoms with Crippen molar-refractivity contribution in [2.75, 3.05) is 0 Å². The minimum absolute atomic E-state index is 0.499. The van der Waals surface area contributed by atoms with Crippen LogP contribution in [0.15, 0.2) is 30.5 Å². The van der Waals surface area contributed by atoms with Gasteiger partial charge in [-0.15, -0.1) is 0 Å². The predicted molar refractivity (Wildman–Crippen MR) is 56.7 cm³/mol. The number of H-pyrrole nitrogens is 1. The second kappa shape index (κ2) is 3.64. The number of aromatic amines is 1. The van der Waals surface area contributed by atoms with E-state index in [0.29, 0.717) is 6.54 Å². The fraction of sp³-hybridized carbons (Fsp3) is 0.182. The number of aryl methyl sites for hydroxylation is 1. The van der Waals surface area contributed by atoms with Gasteiger partial charge in [0.2, 0.25) is 0 Å². The van der Waals surface area contributed by atoms with Gasteiger partial charge >= 0.3 is 0 Å². The van der Waals surface area contributed by atoms with Crippen LogP contribution in [0.2, 0.25) is 0 Å². The van der Waals surface area contributed by atoms with Crippen molar-refractivity contribution in [3.05, 3.63) is 41.7 Å². The smallest absolute Gasteiger partial charge is 0.137 e. The summed E-state index contributed by atoms with van der Waals surface area (Å²) in [5.74, 6) is 0.883. The van der Waals surface area contributed by atoms with Crippen LogP contribution in [-0.4, -0.2) is 9.97 Å². The van der Waals surface area contributed by atoms with Crippen LogP contribution < -0.4 is 5.73 Å². The van der Waals surface area contributed by atoms with Crippen LogP contribution in [0.5, 0.6) is 0 Å². The Labute approximate surface area is 83.0 Å². The number of nitrogens with two attached hydrogens (primary N) is 1. The van der Waals surface area contributed by atoms with Crippen molar-refractivity contribution in [1.29, 1.82) is 0 Å². The first-order valence-corrected chi connectivity index (χ1v) is 4.60. The predicted octanol–water partition coefficient (Wildman–Crippen LogP) is 1.84. The number of rotatable bonds is 2. The van der Waals surface area contributed by atoms with Crippen molar-refractivity contribution in [2.45, 2.75) is 13.5 Å². The number of hydrogen-bond acceptors (Lipinski definition) is 2. The first-order valence-electron chi connectivity index (χ1n) is 4.60. The lowest BCUT2D eigenvalue weighted by Gasteiger charge is -1.97. The first-order chi connectivity index (χ1) is 6.79. The van der Waals surface area contributed by atoms with Gasteiger partial charge in [0, 0.05) is 24.0 Å². The normalized spacial score (nSPS) is 10.4. The third kappa shape index (κ3) is 1.67. The van der Waals surface area contributed by atoms with E-state index in [9.17, 15) is 0 Å². The molecule has 0 unspecified atom stereocenters. The summed E-state index contributed by atoms with van der Waals surface area (Å²) in [4.78, 5) is 7.43. The summed E-state index contributed by atoms with van der Waals surface area (Å²) in [7, 11) is 0. The van der Waals surface area contributed by atoms with Crippen molar-refractivity contribution in [3.63, 3.8) is 0 Å². The van der Waals surface area contributed by atoms with E-state index < -0.39 is 0 Å². The summed E-state index contributed by atoms with van der Waals surface area (Å²) < 4.78 is 0. The average Bonchev–Trinajstić information content (AvgIpc) is 2.66. The number of imidazole rings is 1. The van der Waals surface area contributed by atoms with E-state index in [4.69, 9.17) is 5.73 Å². The van der Waals surface area contributed by atoms with E-state index in [1.54, 1.807) is 6.20 Å². The molecule has 0 saturated carbocycles. The molecule has 0 atom stereocenters. The highest BCUT2D eigenvalue weighted by atomic mass is 14.9. The highest BCUT2D eigenvalue weighted by molar-refractivity contribution is 5.56. The topological polar surface area (TPSA) is 54.7 Å². The third-order valence-corrected chi connectivity index (χ3v) is 2.14. The maximum absolute atomic E-state index is 5.50. The molecule has 3 N–H and O–H groups in total. The minimum Gasteiger partial charge on any atom is -0.341 e. The molecule has 0 spiro atoms. The molecule has 1 aromatic carbocycles. The Bertz CT molecular complexity index is 432. The highest BCUT2D eigenvalue weighted by Crippen LogP contribution is 2.16. The molecule has 0 amide bonds. The summed E-state index contributed by atoms with van der Waals surface area (Å²) >= 11 is 0. The standard InChI is InChI=1S/C11H13N3/c1-8-3-2-4-9(5-8)11-13-7-10(6-12)14-11/h2-5,7H,6,12H2,1H3,(H,13,14). The van der Waals surface area contributed by atoms with Gasteiger partial charge in [-0.25, -0.2) is 4.98 Å². The van der Waals surface area contributed by atoms with Gasteiger partial charge in [0.1, 0.15) is 5.82 Å². The van der Waals surface area contributed by atoms with Gasteiger partial charge in [-0.05, 0) is 13.0 Å². The van der Waals surface area contributed by atoms with E-state index in [1.165, 1.54) is 5.56 Å². The van der Waals surface area contributed by atoms with Crippen LogP contribution >= 0.6 is 0 Å². The van der Waals surface area contributed by atoms with Gasteiger partial charge in [-0.2, -0.15) is 0 Å². The molecular weight excluding hydrogens is 174 g/mol. The van der Waals surface area contributed by atoms with Crippen LogP contribution in [0.3, 0.4) is 0 Å². The zero-order valence-corrected chi connectivity index (χ0v) is 8.12. The molecular formula is C11H13N3. The second-order valence-electron chi connectivity index (χ2n) is 3.33. The third-order valence-electron chi connectivity index (χ3n) is 2.14. The van der Waals surface area contributed by atoms with Gasteiger partial charge in [0.15, 0.2) is 0 Å². The lowest BCUT2D eigenvalue weighted by atomic mass is 10.1. The second-order valence-corrected chi connectivity index (χ2v) is 3.33. The van der Waals surface area contributed by atoms with Crippen LogP contribution in [-0.2, 0) is 6.54 Å². The Morgan fingerprint density at radius 1 is 1.43 bits per heavy atom. The molecule has 0 aliphatic heterocycles. The molecule has 1 heterocycles. The Balaban J connectivity index is 2.39. The number of nitrogens with zero attached hydrogens (tertiary/aromatic N) is 1. The number of hydrogen-bond donors (Lipinski definition) is 2. The van der Waals surface area contributed by atoms with Crippen LogP contribution in [0, 0.1) is 6.92 Å². The molecule has 0 bridgehead atoms. The molecule has 2 aromatic rings. The zero-order chi connectivity index (χ0) is 9.97. The highest BCUT2D eigenvalue weighted by Gasteiger charge is 2.01. The fourth-order valence-corrected chi connectivity index (χ4v) is 1.40. The van der Waals surface area contributed by atoms with Gasteiger partial charge in [-0.1, -0.05) is 23.8 Å². The van der Waals surface area contributed by atoms with Gasteiger partial charge < -0.3 is 10.7 Å². The zero-order valence-electron chi connectivity index (χ0n) is 8.12. The first kappa shape index (κ1) is 8.97. The fourth-order valence-electron chi connectivity index (χ4n) is 1.40. The van der Waals surface area contributed by atoms with Crippen LogP contribution in [0.1, 0.15) is 11.3 Å². The Kier molecular flexibility index (Phi) is 2.33. The maximum Gasteiger partial charge on any atom is 0.137 e. The molecule has 0 saturated heterocycles. The van der Waals surface area contributed by atoms with Gasteiger partial charge in [0.05, 0.1) is 0 Å². The van der Waals surface area contributed by atoms with Crippen molar-refractivity contribution in [3.8, 4) is 11.4 Å². The largest absolute Gasteiger partial charge is 0.341 e.